The third kappa shape index (κ3) is 1.87. The first-order valence-electron chi connectivity index (χ1n) is 5.52. The molecule has 1 atom stereocenters. The van der Waals surface area contributed by atoms with Crippen molar-refractivity contribution in [3.63, 3.8) is 0 Å². The topological polar surface area (TPSA) is 38.5 Å². The molecule has 15 heavy (non-hydrogen) atoms. The van der Waals surface area contributed by atoms with E-state index in [1.807, 2.05) is 18.2 Å². The van der Waals surface area contributed by atoms with Crippen LogP contribution in [0.1, 0.15) is 20.3 Å². The molecule has 0 saturated heterocycles. The first kappa shape index (κ1) is 10.1. The van der Waals surface area contributed by atoms with E-state index in [0.29, 0.717) is 0 Å². The fourth-order valence-electron chi connectivity index (χ4n) is 2.10. The van der Waals surface area contributed by atoms with Crippen LogP contribution in [0.2, 0.25) is 0 Å². The van der Waals surface area contributed by atoms with Gasteiger partial charge >= 0.3 is 0 Å². The van der Waals surface area contributed by atoms with E-state index in [-0.39, 0.29) is 6.10 Å². The van der Waals surface area contributed by atoms with Gasteiger partial charge in [0.15, 0.2) is 0 Å². The van der Waals surface area contributed by atoms with E-state index < -0.39 is 0 Å². The quantitative estimate of drug-likeness (QED) is 0.754. The number of rotatable bonds is 2. The summed E-state index contributed by atoms with van der Waals surface area (Å²) in [4.78, 5) is 2.32. The number of nitrogens with zero attached hydrogens (tertiary/aromatic N) is 1. The second-order valence-corrected chi connectivity index (χ2v) is 4.07. The minimum Gasteiger partial charge on any atom is -0.487 e. The minimum atomic E-state index is 0.242. The van der Waals surface area contributed by atoms with E-state index in [9.17, 15) is 0 Å². The molecule has 1 aromatic rings. The van der Waals surface area contributed by atoms with Crippen molar-refractivity contribution in [3.8, 4) is 5.75 Å². The largest absolute Gasteiger partial charge is 0.487 e. The Bertz CT molecular complexity index is 351. The Morgan fingerprint density at radius 2 is 2.33 bits per heavy atom. The zero-order valence-electron chi connectivity index (χ0n) is 9.36. The summed E-state index contributed by atoms with van der Waals surface area (Å²) in [6.45, 7) is 6.23. The van der Waals surface area contributed by atoms with Crippen LogP contribution in [0.3, 0.4) is 0 Å². The van der Waals surface area contributed by atoms with E-state index in [4.69, 9.17) is 10.5 Å². The van der Waals surface area contributed by atoms with Crippen LogP contribution in [0.5, 0.6) is 5.75 Å². The fraction of sp³-hybridized carbons (Fsp3) is 0.500. The maximum absolute atomic E-state index is 5.99. The van der Waals surface area contributed by atoms with Gasteiger partial charge in [-0.05, 0) is 25.5 Å². The van der Waals surface area contributed by atoms with Crippen molar-refractivity contribution in [3.05, 3.63) is 18.2 Å². The second-order valence-electron chi connectivity index (χ2n) is 4.07. The lowest BCUT2D eigenvalue weighted by atomic mass is 10.1. The molecular formula is C12H18N2O. The number of nitrogens with two attached hydrogens (primary N) is 1. The highest BCUT2D eigenvalue weighted by molar-refractivity contribution is 5.75. The summed E-state index contributed by atoms with van der Waals surface area (Å²) in [5.41, 5.74) is 7.87. The van der Waals surface area contributed by atoms with Gasteiger partial charge in [-0.1, -0.05) is 13.0 Å². The van der Waals surface area contributed by atoms with Gasteiger partial charge in [0.25, 0.3) is 0 Å². The molecule has 0 fully saturated rings. The van der Waals surface area contributed by atoms with Crippen LogP contribution in [-0.4, -0.2) is 19.2 Å². The zero-order valence-corrected chi connectivity index (χ0v) is 9.36. The van der Waals surface area contributed by atoms with E-state index in [1.54, 1.807) is 0 Å². The molecule has 1 unspecified atom stereocenters. The molecule has 0 amide bonds. The summed E-state index contributed by atoms with van der Waals surface area (Å²) in [5.74, 6) is 0.919. The molecule has 1 aromatic carbocycles. The number of anilines is 2. The summed E-state index contributed by atoms with van der Waals surface area (Å²) in [6, 6.07) is 5.86. The summed E-state index contributed by atoms with van der Waals surface area (Å²) >= 11 is 0. The standard InChI is InChI=1S/C12H18N2O/c1-3-7-14-8-9(2)15-11-6-4-5-10(13)12(11)14/h4-6,9H,3,7-8,13H2,1-2H3. The number of para-hydroxylation sites is 1. The summed E-state index contributed by atoms with van der Waals surface area (Å²) < 4.78 is 5.77. The highest BCUT2D eigenvalue weighted by atomic mass is 16.5. The Balaban J connectivity index is 2.38. The van der Waals surface area contributed by atoms with Gasteiger partial charge in [-0.3, -0.25) is 0 Å². The van der Waals surface area contributed by atoms with E-state index in [0.717, 1.165) is 36.6 Å². The first-order valence-corrected chi connectivity index (χ1v) is 5.52. The van der Waals surface area contributed by atoms with Crippen LogP contribution in [0.4, 0.5) is 11.4 Å². The van der Waals surface area contributed by atoms with Crippen LogP contribution in [0.15, 0.2) is 18.2 Å². The van der Waals surface area contributed by atoms with Crippen LogP contribution in [-0.2, 0) is 0 Å². The highest BCUT2D eigenvalue weighted by Gasteiger charge is 2.23. The van der Waals surface area contributed by atoms with E-state index in [2.05, 4.69) is 18.7 Å². The lowest BCUT2D eigenvalue weighted by Crippen LogP contribution is -2.39. The molecule has 0 radical (unpaired) electrons. The number of benzene rings is 1. The number of ether oxygens (including phenoxy) is 1. The third-order valence-corrected chi connectivity index (χ3v) is 2.65. The summed E-state index contributed by atoms with van der Waals surface area (Å²) in [7, 11) is 0. The molecule has 0 aliphatic carbocycles. The van der Waals surface area contributed by atoms with Crippen molar-refractivity contribution in [2.24, 2.45) is 0 Å². The van der Waals surface area contributed by atoms with E-state index in [1.165, 1.54) is 0 Å². The molecule has 0 bridgehead atoms. The average Bonchev–Trinajstić information content (AvgIpc) is 2.17. The molecule has 0 saturated carbocycles. The van der Waals surface area contributed by atoms with Crippen LogP contribution in [0.25, 0.3) is 0 Å². The Hall–Kier alpha value is -1.38. The molecule has 1 aliphatic heterocycles. The number of hydrogen-bond donors (Lipinski definition) is 1. The van der Waals surface area contributed by atoms with Gasteiger partial charge in [0, 0.05) is 6.54 Å². The fourth-order valence-corrected chi connectivity index (χ4v) is 2.10. The van der Waals surface area contributed by atoms with Gasteiger partial charge in [-0.25, -0.2) is 0 Å². The van der Waals surface area contributed by atoms with Crippen molar-refractivity contribution >= 4 is 11.4 Å². The SMILES string of the molecule is CCCN1CC(C)Oc2cccc(N)c21. The van der Waals surface area contributed by atoms with E-state index >= 15 is 0 Å². The van der Waals surface area contributed by atoms with Gasteiger partial charge in [0.2, 0.25) is 0 Å². The lowest BCUT2D eigenvalue weighted by molar-refractivity contribution is 0.213. The average molecular weight is 206 g/mol. The molecule has 1 heterocycles. The van der Waals surface area contributed by atoms with Gasteiger partial charge in [-0.2, -0.15) is 0 Å². The van der Waals surface area contributed by atoms with Crippen LogP contribution in [0, 0.1) is 0 Å². The van der Waals surface area contributed by atoms with Gasteiger partial charge in [0.1, 0.15) is 17.5 Å². The molecular weight excluding hydrogens is 188 g/mol. The Labute approximate surface area is 90.8 Å². The highest BCUT2D eigenvalue weighted by Crippen LogP contribution is 2.38. The maximum Gasteiger partial charge on any atom is 0.145 e. The Kier molecular flexibility index (Phi) is 2.71. The molecule has 0 aromatic heterocycles. The van der Waals surface area contributed by atoms with Gasteiger partial charge < -0.3 is 15.4 Å². The van der Waals surface area contributed by atoms with Gasteiger partial charge in [0.05, 0.1) is 12.2 Å². The summed E-state index contributed by atoms with van der Waals surface area (Å²) in [5, 5.41) is 0. The third-order valence-electron chi connectivity index (χ3n) is 2.65. The normalized spacial score (nSPS) is 19.6. The predicted molar refractivity (Wildman–Crippen MR) is 63.4 cm³/mol. The molecule has 0 spiro atoms. The predicted octanol–water partition coefficient (Wildman–Crippen LogP) is 2.27. The summed E-state index contributed by atoms with van der Waals surface area (Å²) in [6.07, 6.45) is 1.37. The second kappa shape index (κ2) is 4.01. The first-order chi connectivity index (χ1) is 7.22. The molecule has 3 heteroatoms. The Morgan fingerprint density at radius 3 is 3.07 bits per heavy atom. The van der Waals surface area contributed by atoms with Crippen LogP contribution < -0.4 is 15.4 Å². The zero-order chi connectivity index (χ0) is 10.8. The van der Waals surface area contributed by atoms with Crippen molar-refractivity contribution in [2.45, 2.75) is 26.4 Å². The molecule has 1 aliphatic rings. The molecule has 82 valence electrons. The smallest absolute Gasteiger partial charge is 0.145 e. The molecule has 2 rings (SSSR count). The lowest BCUT2D eigenvalue weighted by Gasteiger charge is -2.35. The molecule has 2 N–H and O–H groups in total. The van der Waals surface area contributed by atoms with Crippen molar-refractivity contribution in [1.82, 2.24) is 0 Å². The maximum atomic E-state index is 5.99. The van der Waals surface area contributed by atoms with Crippen molar-refractivity contribution in [1.29, 1.82) is 0 Å². The number of nitrogen functional groups attached to an aromatic ring is 1. The van der Waals surface area contributed by atoms with Crippen LogP contribution >= 0.6 is 0 Å². The minimum absolute atomic E-state index is 0.242. The number of fused-ring (bicyclic) bond motifs is 1. The Morgan fingerprint density at radius 1 is 1.53 bits per heavy atom. The van der Waals surface area contributed by atoms with Crippen molar-refractivity contribution in [2.75, 3.05) is 23.7 Å². The van der Waals surface area contributed by atoms with Gasteiger partial charge in [-0.15, -0.1) is 0 Å². The molecule has 3 nitrogen and oxygen atoms in total. The van der Waals surface area contributed by atoms with Crippen molar-refractivity contribution < 1.29 is 4.74 Å². The number of hydrogen-bond acceptors (Lipinski definition) is 3. The monoisotopic (exact) mass is 206 g/mol.